The summed E-state index contributed by atoms with van der Waals surface area (Å²) < 4.78 is 13.0. The zero-order valence-electron chi connectivity index (χ0n) is 16.3. The number of amides is 2. The Kier molecular flexibility index (Phi) is 6.41. The molecule has 2 aromatic carbocycles. The van der Waals surface area contributed by atoms with Crippen molar-refractivity contribution in [1.82, 2.24) is 10.2 Å². The predicted octanol–water partition coefficient (Wildman–Crippen LogP) is 3.28. The van der Waals surface area contributed by atoms with Gasteiger partial charge in [0, 0.05) is 30.4 Å². The van der Waals surface area contributed by atoms with Crippen LogP contribution in [0.15, 0.2) is 42.5 Å². The Bertz CT molecular complexity index is 823. The Morgan fingerprint density at radius 2 is 1.64 bits per heavy atom. The van der Waals surface area contributed by atoms with Gasteiger partial charge < -0.3 is 10.6 Å². The fraction of sp³-hybridized carbons (Fsp3) is 0.364. The molecule has 1 aliphatic heterocycles. The standard InChI is InChI=1S/C22H26FN3O2/c1-15-11-16(2)13-20(12-15)24-21(27)14-26-9-7-19(8-10-26)25-22(28)17-3-5-18(23)6-4-17/h3-6,11-13,19H,7-10,14H2,1-2H3,(H,24,27)(H,25,28). The zero-order valence-corrected chi connectivity index (χ0v) is 16.3. The van der Waals surface area contributed by atoms with Gasteiger partial charge >= 0.3 is 0 Å². The molecule has 148 valence electrons. The molecule has 6 heteroatoms. The lowest BCUT2D eigenvalue weighted by Crippen LogP contribution is -2.46. The Labute approximate surface area is 164 Å². The van der Waals surface area contributed by atoms with Crippen LogP contribution in [0.3, 0.4) is 0 Å². The number of nitrogens with zero attached hydrogens (tertiary/aromatic N) is 1. The predicted molar refractivity (Wildman–Crippen MR) is 108 cm³/mol. The number of halogens is 1. The minimum absolute atomic E-state index is 0.0289. The van der Waals surface area contributed by atoms with Gasteiger partial charge in [-0.3, -0.25) is 14.5 Å². The summed E-state index contributed by atoms with van der Waals surface area (Å²) in [5.41, 5.74) is 3.52. The van der Waals surface area contributed by atoms with E-state index in [1.807, 2.05) is 26.0 Å². The molecule has 0 atom stereocenters. The van der Waals surface area contributed by atoms with Crippen LogP contribution in [0.5, 0.6) is 0 Å². The molecule has 5 nitrogen and oxygen atoms in total. The van der Waals surface area contributed by atoms with E-state index < -0.39 is 0 Å². The normalized spacial score (nSPS) is 15.2. The highest BCUT2D eigenvalue weighted by molar-refractivity contribution is 5.94. The molecule has 2 aromatic rings. The molecule has 0 aromatic heterocycles. The van der Waals surface area contributed by atoms with E-state index in [-0.39, 0.29) is 23.7 Å². The Balaban J connectivity index is 1.44. The largest absolute Gasteiger partial charge is 0.349 e. The molecule has 3 rings (SSSR count). The minimum atomic E-state index is -0.357. The lowest BCUT2D eigenvalue weighted by molar-refractivity contribution is -0.117. The molecular formula is C22H26FN3O2. The first-order valence-electron chi connectivity index (χ1n) is 9.56. The van der Waals surface area contributed by atoms with E-state index in [4.69, 9.17) is 0 Å². The fourth-order valence-corrected chi connectivity index (χ4v) is 3.56. The van der Waals surface area contributed by atoms with Crippen LogP contribution in [0.4, 0.5) is 10.1 Å². The van der Waals surface area contributed by atoms with Gasteiger partial charge in [-0.1, -0.05) is 6.07 Å². The van der Waals surface area contributed by atoms with Gasteiger partial charge in [0.05, 0.1) is 6.54 Å². The van der Waals surface area contributed by atoms with Gasteiger partial charge in [-0.2, -0.15) is 0 Å². The molecule has 0 spiro atoms. The second kappa shape index (κ2) is 8.97. The molecule has 0 saturated carbocycles. The van der Waals surface area contributed by atoms with Crippen molar-refractivity contribution in [3.63, 3.8) is 0 Å². The van der Waals surface area contributed by atoms with Gasteiger partial charge in [-0.25, -0.2) is 4.39 Å². The van der Waals surface area contributed by atoms with Crippen LogP contribution in [-0.2, 0) is 4.79 Å². The molecule has 0 bridgehead atoms. The van der Waals surface area contributed by atoms with Gasteiger partial charge in [0.2, 0.25) is 5.91 Å². The van der Waals surface area contributed by atoms with Crippen molar-refractivity contribution in [1.29, 1.82) is 0 Å². The first-order chi connectivity index (χ1) is 13.4. The van der Waals surface area contributed by atoms with Crippen molar-refractivity contribution < 1.29 is 14.0 Å². The number of carbonyl (C=O) groups excluding carboxylic acids is 2. The van der Waals surface area contributed by atoms with E-state index in [9.17, 15) is 14.0 Å². The van der Waals surface area contributed by atoms with Gasteiger partial charge in [0.15, 0.2) is 0 Å². The van der Waals surface area contributed by atoms with Gasteiger partial charge in [0.1, 0.15) is 5.82 Å². The summed E-state index contributed by atoms with van der Waals surface area (Å²) in [6.45, 7) is 5.84. The summed E-state index contributed by atoms with van der Waals surface area (Å²) in [6, 6.07) is 11.6. The van der Waals surface area contributed by atoms with Crippen molar-refractivity contribution in [2.45, 2.75) is 32.7 Å². The highest BCUT2D eigenvalue weighted by Crippen LogP contribution is 2.15. The molecule has 1 heterocycles. The van der Waals surface area contributed by atoms with Crippen LogP contribution in [0, 0.1) is 19.7 Å². The van der Waals surface area contributed by atoms with Crippen molar-refractivity contribution in [2.75, 3.05) is 25.0 Å². The average molecular weight is 383 g/mol. The summed E-state index contributed by atoms with van der Waals surface area (Å²) in [7, 11) is 0. The van der Waals surface area contributed by atoms with Crippen molar-refractivity contribution in [3.05, 3.63) is 65.0 Å². The van der Waals surface area contributed by atoms with Crippen molar-refractivity contribution in [3.8, 4) is 0 Å². The summed E-state index contributed by atoms with van der Waals surface area (Å²) in [5, 5.41) is 5.95. The number of rotatable bonds is 5. The van der Waals surface area contributed by atoms with Crippen molar-refractivity contribution in [2.24, 2.45) is 0 Å². The molecular weight excluding hydrogens is 357 g/mol. The number of carbonyl (C=O) groups is 2. The first kappa shape index (κ1) is 20.0. The van der Waals surface area contributed by atoms with Crippen LogP contribution in [0.25, 0.3) is 0 Å². The molecule has 0 unspecified atom stereocenters. The summed E-state index contributed by atoms with van der Waals surface area (Å²) >= 11 is 0. The van der Waals surface area contributed by atoms with Crippen molar-refractivity contribution >= 4 is 17.5 Å². The van der Waals surface area contributed by atoms with E-state index in [0.29, 0.717) is 12.1 Å². The number of benzene rings is 2. The van der Waals surface area contributed by atoms with E-state index in [1.54, 1.807) is 0 Å². The van der Waals surface area contributed by atoms with E-state index in [1.165, 1.54) is 24.3 Å². The highest BCUT2D eigenvalue weighted by atomic mass is 19.1. The molecule has 0 radical (unpaired) electrons. The third kappa shape index (κ3) is 5.63. The number of anilines is 1. The van der Waals surface area contributed by atoms with Crippen LogP contribution in [0.1, 0.15) is 34.3 Å². The number of hydrogen-bond acceptors (Lipinski definition) is 3. The zero-order chi connectivity index (χ0) is 20.1. The molecule has 2 N–H and O–H groups in total. The molecule has 2 amide bonds. The third-order valence-corrected chi connectivity index (χ3v) is 4.90. The van der Waals surface area contributed by atoms with E-state index in [2.05, 4.69) is 21.6 Å². The number of hydrogen-bond donors (Lipinski definition) is 2. The molecule has 1 fully saturated rings. The summed E-state index contributed by atoms with van der Waals surface area (Å²) in [4.78, 5) is 26.6. The van der Waals surface area contributed by atoms with Gasteiger partial charge in [0.25, 0.3) is 5.91 Å². The number of nitrogens with one attached hydrogen (secondary N) is 2. The second-order valence-corrected chi connectivity index (χ2v) is 7.46. The van der Waals surface area contributed by atoms with Crippen LogP contribution >= 0.6 is 0 Å². The smallest absolute Gasteiger partial charge is 0.251 e. The maximum atomic E-state index is 13.0. The van der Waals surface area contributed by atoms with Crippen LogP contribution < -0.4 is 10.6 Å². The Morgan fingerprint density at radius 3 is 2.25 bits per heavy atom. The number of piperidine rings is 1. The quantitative estimate of drug-likeness (QED) is 0.833. The first-order valence-corrected chi connectivity index (χ1v) is 9.56. The molecule has 0 aliphatic carbocycles. The topological polar surface area (TPSA) is 61.4 Å². The van der Waals surface area contributed by atoms with Gasteiger partial charge in [-0.15, -0.1) is 0 Å². The summed E-state index contributed by atoms with van der Waals surface area (Å²) in [6.07, 6.45) is 1.56. The Hall–Kier alpha value is -2.73. The maximum absolute atomic E-state index is 13.0. The summed E-state index contributed by atoms with van der Waals surface area (Å²) in [5.74, 6) is -0.575. The maximum Gasteiger partial charge on any atom is 0.251 e. The van der Waals surface area contributed by atoms with E-state index >= 15 is 0 Å². The SMILES string of the molecule is Cc1cc(C)cc(NC(=O)CN2CCC(NC(=O)c3ccc(F)cc3)CC2)c1. The molecule has 1 saturated heterocycles. The molecule has 28 heavy (non-hydrogen) atoms. The minimum Gasteiger partial charge on any atom is -0.349 e. The van der Waals surface area contributed by atoms with Gasteiger partial charge in [-0.05, 0) is 74.2 Å². The molecule has 1 aliphatic rings. The number of aryl methyl sites for hydroxylation is 2. The van der Waals surface area contributed by atoms with Crippen LogP contribution in [0.2, 0.25) is 0 Å². The third-order valence-electron chi connectivity index (χ3n) is 4.90. The monoisotopic (exact) mass is 383 g/mol. The lowest BCUT2D eigenvalue weighted by Gasteiger charge is -2.31. The Morgan fingerprint density at radius 1 is 1.04 bits per heavy atom. The lowest BCUT2D eigenvalue weighted by atomic mass is 10.0. The second-order valence-electron chi connectivity index (χ2n) is 7.46. The van der Waals surface area contributed by atoms with Crippen LogP contribution in [-0.4, -0.2) is 42.4 Å². The van der Waals surface area contributed by atoms with E-state index in [0.717, 1.165) is 42.7 Å². The highest BCUT2D eigenvalue weighted by Gasteiger charge is 2.22. The number of likely N-dealkylation sites (tertiary alicyclic amines) is 1. The average Bonchev–Trinajstić information content (AvgIpc) is 2.63. The fourth-order valence-electron chi connectivity index (χ4n) is 3.56.